The third-order valence-electron chi connectivity index (χ3n) is 3.31. The monoisotopic (exact) mass is 330 g/mol. The van der Waals surface area contributed by atoms with Gasteiger partial charge in [-0.25, -0.2) is 0 Å². The summed E-state index contributed by atoms with van der Waals surface area (Å²) >= 11 is 1.55. The minimum absolute atomic E-state index is 0.203. The van der Waals surface area contributed by atoms with E-state index >= 15 is 0 Å². The van der Waals surface area contributed by atoms with E-state index in [0.29, 0.717) is 11.3 Å². The van der Waals surface area contributed by atoms with Gasteiger partial charge in [-0.3, -0.25) is 4.79 Å². The van der Waals surface area contributed by atoms with E-state index in [9.17, 15) is 9.90 Å². The molecule has 3 N–H and O–H groups in total. The number of amides is 1. The zero-order valence-corrected chi connectivity index (χ0v) is 14.2. The van der Waals surface area contributed by atoms with Gasteiger partial charge in [0, 0.05) is 18.0 Å². The number of rotatable bonds is 7. The van der Waals surface area contributed by atoms with E-state index in [1.54, 1.807) is 24.8 Å². The number of anilines is 2. The van der Waals surface area contributed by atoms with Crippen LogP contribution in [0.15, 0.2) is 54.6 Å². The standard InChI is InChI=1S/C18H22N2O2S/c1-18(22,13-23-2)12-19-17(21)15-10-6-7-11-16(15)20-14-8-4-3-5-9-14/h3-11,20,22H,12-13H2,1-2H3,(H,19,21). The Balaban J connectivity index is 2.09. The van der Waals surface area contributed by atoms with Crippen molar-refractivity contribution in [2.24, 2.45) is 0 Å². The van der Waals surface area contributed by atoms with Crippen molar-refractivity contribution in [2.75, 3.05) is 23.9 Å². The van der Waals surface area contributed by atoms with E-state index < -0.39 is 5.60 Å². The van der Waals surface area contributed by atoms with Crippen LogP contribution in [0.5, 0.6) is 0 Å². The number of nitrogens with one attached hydrogen (secondary N) is 2. The molecule has 0 heterocycles. The van der Waals surface area contributed by atoms with Gasteiger partial charge in [-0.1, -0.05) is 30.3 Å². The lowest BCUT2D eigenvalue weighted by Crippen LogP contribution is -2.42. The summed E-state index contributed by atoms with van der Waals surface area (Å²) in [4.78, 5) is 12.4. The van der Waals surface area contributed by atoms with Gasteiger partial charge >= 0.3 is 0 Å². The quantitative estimate of drug-likeness (QED) is 0.729. The van der Waals surface area contributed by atoms with Crippen LogP contribution in [0.25, 0.3) is 0 Å². The Kier molecular flexibility index (Phi) is 6.07. The smallest absolute Gasteiger partial charge is 0.253 e. The zero-order chi connectivity index (χ0) is 16.7. The summed E-state index contributed by atoms with van der Waals surface area (Å²) in [5, 5.41) is 16.2. The third kappa shape index (κ3) is 5.30. The maximum absolute atomic E-state index is 12.4. The Hall–Kier alpha value is -1.98. The topological polar surface area (TPSA) is 61.4 Å². The number of thioether (sulfide) groups is 1. The van der Waals surface area contributed by atoms with Crippen molar-refractivity contribution in [1.82, 2.24) is 5.32 Å². The molecule has 0 radical (unpaired) electrons. The number of para-hydroxylation sites is 2. The lowest BCUT2D eigenvalue weighted by molar-refractivity contribution is 0.0725. The van der Waals surface area contributed by atoms with Crippen molar-refractivity contribution in [1.29, 1.82) is 0 Å². The SMILES string of the molecule is CSCC(C)(O)CNC(=O)c1ccccc1Nc1ccccc1. The Labute approximate surface area is 141 Å². The number of carbonyl (C=O) groups is 1. The van der Waals surface area contributed by atoms with Gasteiger partial charge in [-0.15, -0.1) is 0 Å². The van der Waals surface area contributed by atoms with Gasteiger partial charge < -0.3 is 15.7 Å². The maximum atomic E-state index is 12.4. The van der Waals surface area contributed by atoms with Crippen LogP contribution in [0.4, 0.5) is 11.4 Å². The lowest BCUT2D eigenvalue weighted by Gasteiger charge is -2.23. The van der Waals surface area contributed by atoms with Crippen molar-refractivity contribution < 1.29 is 9.90 Å². The molecule has 0 saturated heterocycles. The molecule has 0 saturated carbocycles. The van der Waals surface area contributed by atoms with Crippen molar-refractivity contribution in [2.45, 2.75) is 12.5 Å². The van der Waals surface area contributed by atoms with Gasteiger partial charge in [0.2, 0.25) is 0 Å². The largest absolute Gasteiger partial charge is 0.387 e. The van der Waals surface area contributed by atoms with Crippen LogP contribution >= 0.6 is 11.8 Å². The first-order chi connectivity index (χ1) is 11.0. The highest BCUT2D eigenvalue weighted by molar-refractivity contribution is 7.98. The van der Waals surface area contributed by atoms with E-state index in [-0.39, 0.29) is 12.5 Å². The van der Waals surface area contributed by atoms with E-state index in [4.69, 9.17) is 0 Å². The highest BCUT2D eigenvalue weighted by Crippen LogP contribution is 2.20. The fourth-order valence-corrected chi connectivity index (χ4v) is 2.92. The average molecular weight is 330 g/mol. The predicted molar refractivity (Wildman–Crippen MR) is 97.5 cm³/mol. The molecular formula is C18H22N2O2S. The van der Waals surface area contributed by atoms with Crippen LogP contribution in [0, 0.1) is 0 Å². The average Bonchev–Trinajstić information content (AvgIpc) is 2.54. The Bertz CT molecular complexity index is 644. The molecule has 2 rings (SSSR count). The summed E-state index contributed by atoms with van der Waals surface area (Å²) < 4.78 is 0. The van der Waals surface area contributed by atoms with Crippen molar-refractivity contribution in [3.05, 3.63) is 60.2 Å². The minimum Gasteiger partial charge on any atom is -0.387 e. The molecule has 0 spiro atoms. The molecular weight excluding hydrogens is 308 g/mol. The number of carbonyl (C=O) groups excluding carboxylic acids is 1. The van der Waals surface area contributed by atoms with Crippen molar-refractivity contribution in [3.8, 4) is 0 Å². The van der Waals surface area contributed by atoms with Gasteiger partial charge in [0.25, 0.3) is 5.91 Å². The molecule has 0 aliphatic rings. The van der Waals surface area contributed by atoms with E-state index in [2.05, 4.69) is 10.6 Å². The van der Waals surface area contributed by atoms with Crippen LogP contribution in [0.2, 0.25) is 0 Å². The highest BCUT2D eigenvalue weighted by Gasteiger charge is 2.21. The molecule has 1 unspecified atom stereocenters. The number of hydrogen-bond acceptors (Lipinski definition) is 4. The Morgan fingerprint density at radius 3 is 2.48 bits per heavy atom. The van der Waals surface area contributed by atoms with Gasteiger partial charge in [0.15, 0.2) is 0 Å². The fraction of sp³-hybridized carbons (Fsp3) is 0.278. The molecule has 0 bridgehead atoms. The maximum Gasteiger partial charge on any atom is 0.253 e. The Morgan fingerprint density at radius 1 is 1.13 bits per heavy atom. The molecule has 2 aromatic carbocycles. The minimum atomic E-state index is -0.920. The summed E-state index contributed by atoms with van der Waals surface area (Å²) in [5.74, 6) is 0.363. The van der Waals surface area contributed by atoms with E-state index in [1.807, 2.05) is 54.8 Å². The van der Waals surface area contributed by atoms with Gasteiger partial charge in [0.1, 0.15) is 0 Å². The zero-order valence-electron chi connectivity index (χ0n) is 13.4. The van der Waals surface area contributed by atoms with Crippen LogP contribution < -0.4 is 10.6 Å². The summed E-state index contributed by atoms with van der Waals surface area (Å²) in [7, 11) is 0. The second-order valence-corrected chi connectivity index (χ2v) is 6.52. The number of benzene rings is 2. The summed E-state index contributed by atoms with van der Waals surface area (Å²) in [5.41, 5.74) is 1.29. The van der Waals surface area contributed by atoms with Gasteiger partial charge in [0.05, 0.1) is 16.9 Å². The number of aliphatic hydroxyl groups is 1. The molecule has 0 aliphatic heterocycles. The molecule has 0 aliphatic carbocycles. The van der Waals surface area contributed by atoms with Gasteiger partial charge in [-0.2, -0.15) is 11.8 Å². The van der Waals surface area contributed by atoms with E-state index in [0.717, 1.165) is 11.4 Å². The van der Waals surface area contributed by atoms with Crippen LogP contribution in [0.1, 0.15) is 17.3 Å². The molecule has 1 atom stereocenters. The molecule has 5 heteroatoms. The molecule has 1 amide bonds. The lowest BCUT2D eigenvalue weighted by atomic mass is 10.1. The van der Waals surface area contributed by atoms with Crippen molar-refractivity contribution >= 4 is 29.0 Å². The number of hydrogen-bond donors (Lipinski definition) is 3. The third-order valence-corrected chi connectivity index (χ3v) is 4.22. The predicted octanol–water partition coefficient (Wildman–Crippen LogP) is 3.27. The second-order valence-electron chi connectivity index (χ2n) is 5.65. The molecule has 23 heavy (non-hydrogen) atoms. The molecule has 0 fully saturated rings. The first-order valence-electron chi connectivity index (χ1n) is 7.42. The van der Waals surface area contributed by atoms with Crippen molar-refractivity contribution in [3.63, 3.8) is 0 Å². The molecule has 0 aromatic heterocycles. The summed E-state index contributed by atoms with van der Waals surface area (Å²) in [6.45, 7) is 1.93. The van der Waals surface area contributed by atoms with Crippen LogP contribution in [-0.2, 0) is 0 Å². The normalized spacial score (nSPS) is 13.2. The summed E-state index contributed by atoms with van der Waals surface area (Å²) in [6, 6.07) is 17.0. The molecule has 122 valence electrons. The van der Waals surface area contributed by atoms with Crippen LogP contribution in [-0.4, -0.2) is 35.2 Å². The van der Waals surface area contributed by atoms with Gasteiger partial charge in [-0.05, 0) is 37.4 Å². The second kappa shape index (κ2) is 8.04. The summed E-state index contributed by atoms with van der Waals surface area (Å²) in [6.07, 6.45) is 1.93. The first-order valence-corrected chi connectivity index (χ1v) is 8.82. The highest BCUT2D eigenvalue weighted by atomic mass is 32.2. The molecule has 4 nitrogen and oxygen atoms in total. The first kappa shape index (κ1) is 17.4. The van der Waals surface area contributed by atoms with E-state index in [1.165, 1.54) is 0 Å². The Morgan fingerprint density at radius 2 is 1.78 bits per heavy atom. The molecule has 2 aromatic rings. The van der Waals surface area contributed by atoms with Crippen LogP contribution in [0.3, 0.4) is 0 Å². The fourth-order valence-electron chi connectivity index (χ4n) is 2.20.